The van der Waals surface area contributed by atoms with Crippen LogP contribution in [-0.4, -0.2) is 17.0 Å². The topological polar surface area (TPSA) is 37.3 Å². The maximum absolute atomic E-state index is 12.6. The first-order chi connectivity index (χ1) is 11.5. The van der Waals surface area contributed by atoms with E-state index >= 15 is 0 Å². The van der Waals surface area contributed by atoms with Gasteiger partial charge >= 0.3 is 0 Å². The molecule has 0 amide bonds. The number of Topliss-reactive ketones (excluding diaryl/α,β-unsaturated/α-hetero) is 1. The predicted molar refractivity (Wildman–Crippen MR) is 94.4 cm³/mol. The van der Waals surface area contributed by atoms with E-state index in [0.29, 0.717) is 22.5 Å². The van der Waals surface area contributed by atoms with Crippen LogP contribution in [0.2, 0.25) is 0 Å². The Kier molecular flexibility index (Phi) is 3.51. The van der Waals surface area contributed by atoms with Gasteiger partial charge in [-0.2, -0.15) is 0 Å². The van der Waals surface area contributed by atoms with E-state index in [2.05, 4.69) is 6.92 Å². The van der Waals surface area contributed by atoms with Crippen LogP contribution in [0.15, 0.2) is 0 Å². The third-order valence-corrected chi connectivity index (χ3v) is 9.81. The lowest BCUT2D eigenvalue weighted by Gasteiger charge is -2.62. The van der Waals surface area contributed by atoms with Crippen LogP contribution in [0.3, 0.4) is 0 Å². The number of carbonyl (C=O) groups excluding carboxylic acids is 1. The maximum atomic E-state index is 12.6. The summed E-state index contributed by atoms with van der Waals surface area (Å²) in [4.78, 5) is 12.6. The third-order valence-electron chi connectivity index (χ3n) is 9.81. The second kappa shape index (κ2) is 5.32. The monoisotopic (exact) mass is 330 g/mol. The van der Waals surface area contributed by atoms with Gasteiger partial charge < -0.3 is 5.11 Å². The van der Waals surface area contributed by atoms with E-state index in [1.807, 2.05) is 0 Å². The molecule has 1 N–H and O–H groups in total. The second-order valence-electron chi connectivity index (χ2n) is 10.3. The van der Waals surface area contributed by atoms with E-state index in [1.54, 1.807) is 0 Å². The standard InChI is InChI=1S/C22H34O2/c1-21-11-8-15(23)13-14(21)4-5-16-17(21)9-12-22-10-2-3-20(24)19(22)7-6-18(16)22/h14-19,23H,2-13H2,1H3/t14-,15-,16?,17?,18?,19-,21+,22+/m1/s1. The Morgan fingerprint density at radius 1 is 0.958 bits per heavy atom. The van der Waals surface area contributed by atoms with E-state index in [0.717, 1.165) is 49.4 Å². The van der Waals surface area contributed by atoms with Crippen molar-refractivity contribution < 1.29 is 9.90 Å². The van der Waals surface area contributed by atoms with Crippen molar-refractivity contribution in [3.63, 3.8) is 0 Å². The van der Waals surface area contributed by atoms with Gasteiger partial charge in [0.1, 0.15) is 5.78 Å². The van der Waals surface area contributed by atoms with Gasteiger partial charge in [0.05, 0.1) is 6.10 Å². The average Bonchev–Trinajstić information content (AvgIpc) is 2.96. The van der Waals surface area contributed by atoms with Gasteiger partial charge in [-0.25, -0.2) is 0 Å². The summed E-state index contributed by atoms with van der Waals surface area (Å²) in [6, 6.07) is 0. The highest BCUT2D eigenvalue weighted by Crippen LogP contribution is 2.69. The number of hydrogen-bond acceptors (Lipinski definition) is 2. The molecule has 5 rings (SSSR count). The van der Waals surface area contributed by atoms with Crippen LogP contribution in [0, 0.1) is 40.4 Å². The molecule has 5 aliphatic rings. The van der Waals surface area contributed by atoms with E-state index in [-0.39, 0.29) is 6.10 Å². The quantitative estimate of drug-likeness (QED) is 0.696. The maximum Gasteiger partial charge on any atom is 0.136 e. The fourth-order valence-electron chi connectivity index (χ4n) is 8.78. The highest BCUT2D eigenvalue weighted by Gasteiger charge is 2.63. The van der Waals surface area contributed by atoms with Gasteiger partial charge in [0.2, 0.25) is 0 Å². The molecule has 1 spiro atoms. The second-order valence-corrected chi connectivity index (χ2v) is 10.3. The Hall–Kier alpha value is -0.370. The molecule has 0 saturated heterocycles. The highest BCUT2D eigenvalue weighted by atomic mass is 16.3. The van der Waals surface area contributed by atoms with Crippen molar-refractivity contribution in [2.45, 2.75) is 90.1 Å². The molecule has 5 fully saturated rings. The first-order valence-corrected chi connectivity index (χ1v) is 10.8. The van der Waals surface area contributed by atoms with Gasteiger partial charge in [0, 0.05) is 12.3 Å². The van der Waals surface area contributed by atoms with Crippen LogP contribution in [0.5, 0.6) is 0 Å². The van der Waals surface area contributed by atoms with Crippen LogP contribution < -0.4 is 0 Å². The van der Waals surface area contributed by atoms with Crippen LogP contribution >= 0.6 is 0 Å². The minimum atomic E-state index is -0.0404. The Morgan fingerprint density at radius 2 is 1.83 bits per heavy atom. The molecule has 2 nitrogen and oxygen atoms in total. The zero-order valence-electron chi connectivity index (χ0n) is 15.3. The molecular weight excluding hydrogens is 296 g/mol. The van der Waals surface area contributed by atoms with Crippen molar-refractivity contribution in [1.29, 1.82) is 0 Å². The summed E-state index contributed by atoms with van der Waals surface area (Å²) in [5.41, 5.74) is 0.883. The van der Waals surface area contributed by atoms with Crippen LogP contribution in [0.1, 0.15) is 84.0 Å². The van der Waals surface area contributed by atoms with E-state index in [1.165, 1.54) is 51.4 Å². The summed E-state index contributed by atoms with van der Waals surface area (Å²) in [5.74, 6) is 4.39. The molecule has 0 aliphatic heterocycles. The fraction of sp³-hybridized carbons (Fsp3) is 0.955. The van der Waals surface area contributed by atoms with Crippen molar-refractivity contribution in [2.75, 3.05) is 0 Å². The molecule has 5 aliphatic carbocycles. The smallest absolute Gasteiger partial charge is 0.136 e. The van der Waals surface area contributed by atoms with Gasteiger partial charge in [-0.3, -0.25) is 4.79 Å². The van der Waals surface area contributed by atoms with Gasteiger partial charge in [-0.15, -0.1) is 0 Å². The Balaban J connectivity index is 1.46. The van der Waals surface area contributed by atoms with Crippen LogP contribution in [-0.2, 0) is 4.79 Å². The first kappa shape index (κ1) is 15.9. The van der Waals surface area contributed by atoms with Crippen molar-refractivity contribution in [1.82, 2.24) is 0 Å². The summed E-state index contributed by atoms with van der Waals surface area (Å²) in [5, 5.41) is 10.2. The zero-order valence-corrected chi connectivity index (χ0v) is 15.3. The van der Waals surface area contributed by atoms with Crippen molar-refractivity contribution >= 4 is 5.78 Å². The number of carbonyl (C=O) groups is 1. The molecular formula is C22H34O2. The number of ketones is 1. The summed E-state index contributed by atoms with van der Waals surface area (Å²) >= 11 is 0. The molecule has 5 saturated carbocycles. The number of aliphatic hydroxyl groups excluding tert-OH is 1. The summed E-state index contributed by atoms with van der Waals surface area (Å²) in [6.07, 6.45) is 14.6. The highest BCUT2D eigenvalue weighted by molar-refractivity contribution is 5.83. The molecule has 3 unspecified atom stereocenters. The Morgan fingerprint density at radius 3 is 2.71 bits per heavy atom. The first-order valence-electron chi connectivity index (χ1n) is 10.8. The lowest BCUT2D eigenvalue weighted by atomic mass is 9.43. The Labute approximate surface area is 146 Å². The molecule has 0 radical (unpaired) electrons. The predicted octanol–water partition coefficient (Wildman–Crippen LogP) is 4.74. The van der Waals surface area contributed by atoms with Crippen molar-refractivity contribution in [3.8, 4) is 0 Å². The van der Waals surface area contributed by atoms with Gasteiger partial charge in [-0.1, -0.05) is 6.92 Å². The number of rotatable bonds is 0. The largest absolute Gasteiger partial charge is 0.393 e. The molecule has 0 aromatic rings. The summed E-state index contributed by atoms with van der Waals surface area (Å²) in [6.45, 7) is 2.57. The van der Waals surface area contributed by atoms with Crippen molar-refractivity contribution in [3.05, 3.63) is 0 Å². The van der Waals surface area contributed by atoms with E-state index < -0.39 is 0 Å². The fourth-order valence-corrected chi connectivity index (χ4v) is 8.78. The molecule has 0 aromatic heterocycles. The third kappa shape index (κ3) is 1.95. The van der Waals surface area contributed by atoms with Gasteiger partial charge in [0.15, 0.2) is 0 Å². The number of fused-ring (bicyclic) bond motifs is 4. The lowest BCUT2D eigenvalue weighted by molar-refractivity contribution is -0.149. The SMILES string of the molecule is C[C@]12CC[C@@H](O)C[C@H]1CCC1C3CC[C@@H]4C(=O)CCC[C@]34CCC12. The molecule has 2 heteroatoms. The molecule has 0 bridgehead atoms. The average molecular weight is 331 g/mol. The lowest BCUT2D eigenvalue weighted by Crippen LogP contribution is -2.55. The minimum Gasteiger partial charge on any atom is -0.393 e. The van der Waals surface area contributed by atoms with Crippen LogP contribution in [0.25, 0.3) is 0 Å². The normalized spacial score (nSPS) is 56.8. The minimum absolute atomic E-state index is 0.0404. The number of aliphatic hydroxyl groups is 1. The molecule has 8 atom stereocenters. The molecule has 0 aromatic carbocycles. The summed E-state index contributed by atoms with van der Waals surface area (Å²) < 4.78 is 0. The summed E-state index contributed by atoms with van der Waals surface area (Å²) in [7, 11) is 0. The number of hydrogen-bond donors (Lipinski definition) is 1. The van der Waals surface area contributed by atoms with Crippen molar-refractivity contribution in [2.24, 2.45) is 40.4 Å². The Bertz CT molecular complexity index is 542. The molecule has 134 valence electrons. The van der Waals surface area contributed by atoms with E-state index in [9.17, 15) is 9.90 Å². The molecule has 0 heterocycles. The van der Waals surface area contributed by atoms with E-state index in [4.69, 9.17) is 0 Å². The zero-order chi connectivity index (χ0) is 16.5. The van der Waals surface area contributed by atoms with Gasteiger partial charge in [-0.05, 0) is 105 Å². The van der Waals surface area contributed by atoms with Crippen LogP contribution in [0.4, 0.5) is 0 Å². The molecule has 24 heavy (non-hydrogen) atoms. The van der Waals surface area contributed by atoms with Gasteiger partial charge in [0.25, 0.3) is 0 Å².